The van der Waals surface area contributed by atoms with Crippen molar-refractivity contribution < 1.29 is 4.92 Å². The van der Waals surface area contributed by atoms with Gasteiger partial charge in [-0.05, 0) is 20.2 Å². The summed E-state index contributed by atoms with van der Waals surface area (Å²) in [7, 11) is 3.95. The fourth-order valence-corrected chi connectivity index (χ4v) is 2.73. The number of nitrogens with zero attached hydrogens (tertiary/aromatic N) is 2. The van der Waals surface area contributed by atoms with E-state index in [-0.39, 0.29) is 9.92 Å². The molecule has 0 aliphatic heterocycles. The molecular formula is C12H15N3O2S. The van der Waals surface area contributed by atoms with Gasteiger partial charge in [0.05, 0.1) is 4.92 Å². The molecular weight excluding hydrogens is 250 g/mol. The van der Waals surface area contributed by atoms with Crippen LogP contribution in [0, 0.1) is 10.1 Å². The van der Waals surface area contributed by atoms with Crippen LogP contribution in [-0.2, 0) is 0 Å². The lowest BCUT2D eigenvalue weighted by Crippen LogP contribution is -2.20. The van der Waals surface area contributed by atoms with Crippen molar-refractivity contribution in [2.45, 2.75) is 0 Å². The number of benzene rings is 1. The van der Waals surface area contributed by atoms with Gasteiger partial charge in [0.25, 0.3) is 0 Å². The monoisotopic (exact) mass is 265 g/mol. The van der Waals surface area contributed by atoms with E-state index >= 15 is 0 Å². The van der Waals surface area contributed by atoms with Crippen LogP contribution >= 0.6 is 11.3 Å². The summed E-state index contributed by atoms with van der Waals surface area (Å²) in [6.07, 6.45) is 0. The van der Waals surface area contributed by atoms with Gasteiger partial charge >= 0.3 is 5.00 Å². The van der Waals surface area contributed by atoms with E-state index in [1.807, 2.05) is 43.3 Å². The minimum atomic E-state index is -0.317. The number of fused-ring (bicyclic) bond motifs is 1. The number of anilines is 1. The van der Waals surface area contributed by atoms with Crippen LogP contribution in [0.25, 0.3) is 10.1 Å². The minimum Gasteiger partial charge on any atom is -0.377 e. The molecule has 1 aromatic heterocycles. The molecule has 18 heavy (non-hydrogen) atoms. The lowest BCUT2D eigenvalue weighted by atomic mass is 10.2. The van der Waals surface area contributed by atoms with Crippen molar-refractivity contribution in [2.75, 3.05) is 32.5 Å². The molecule has 0 fully saturated rings. The number of nitro groups is 1. The van der Waals surface area contributed by atoms with Crippen LogP contribution < -0.4 is 5.32 Å². The first-order valence-corrected chi connectivity index (χ1v) is 6.46. The molecule has 0 unspecified atom stereocenters. The lowest BCUT2D eigenvalue weighted by Gasteiger charge is -2.10. The Labute approximate surface area is 109 Å². The zero-order valence-corrected chi connectivity index (χ0v) is 11.2. The van der Waals surface area contributed by atoms with Gasteiger partial charge in [0.2, 0.25) is 0 Å². The van der Waals surface area contributed by atoms with Crippen molar-refractivity contribution in [3.05, 3.63) is 34.4 Å². The number of likely N-dealkylation sites (N-methyl/N-ethyl adjacent to an activating group) is 1. The quantitative estimate of drug-likeness (QED) is 0.667. The van der Waals surface area contributed by atoms with E-state index in [9.17, 15) is 10.1 Å². The predicted octanol–water partition coefficient (Wildman–Crippen LogP) is 2.78. The van der Waals surface area contributed by atoms with Crippen molar-refractivity contribution in [1.29, 1.82) is 0 Å². The van der Waals surface area contributed by atoms with Crippen LogP contribution in [0.1, 0.15) is 0 Å². The van der Waals surface area contributed by atoms with Crippen LogP contribution in [0.3, 0.4) is 0 Å². The van der Waals surface area contributed by atoms with Gasteiger partial charge in [-0.3, -0.25) is 10.1 Å². The maximum atomic E-state index is 11.1. The Morgan fingerprint density at radius 2 is 2.11 bits per heavy atom. The van der Waals surface area contributed by atoms with Crippen molar-refractivity contribution in [2.24, 2.45) is 0 Å². The molecule has 0 aliphatic carbocycles. The third kappa shape index (κ3) is 2.60. The Morgan fingerprint density at radius 3 is 2.78 bits per heavy atom. The van der Waals surface area contributed by atoms with Crippen LogP contribution in [0.15, 0.2) is 24.3 Å². The normalized spacial score (nSPS) is 11.1. The zero-order valence-electron chi connectivity index (χ0n) is 10.3. The lowest BCUT2D eigenvalue weighted by molar-refractivity contribution is -0.379. The molecule has 6 heteroatoms. The van der Waals surface area contributed by atoms with E-state index < -0.39 is 0 Å². The van der Waals surface area contributed by atoms with Crippen LogP contribution in [-0.4, -0.2) is 37.0 Å². The van der Waals surface area contributed by atoms with Crippen LogP contribution in [0.5, 0.6) is 0 Å². The van der Waals surface area contributed by atoms with E-state index in [4.69, 9.17) is 0 Å². The molecule has 96 valence electrons. The maximum absolute atomic E-state index is 11.1. The Hall–Kier alpha value is -1.66. The maximum Gasteiger partial charge on any atom is 0.348 e. The molecule has 5 nitrogen and oxygen atoms in total. The van der Waals surface area contributed by atoms with Gasteiger partial charge in [-0.15, -0.1) is 0 Å². The molecule has 0 amide bonds. The summed E-state index contributed by atoms with van der Waals surface area (Å²) in [5.74, 6) is 0. The SMILES string of the molecule is CN(C)CCNc1c([N+](=O)[O-])sc2ccccc12. The first kappa shape index (κ1) is 12.8. The standard InChI is InChI=1S/C12H15N3O2S/c1-14(2)8-7-13-11-9-5-3-4-6-10(9)18-12(11)15(16)17/h3-6,13H,7-8H2,1-2H3. The third-order valence-corrected chi connectivity index (χ3v) is 3.73. The topological polar surface area (TPSA) is 58.4 Å². The molecule has 0 aliphatic rings. The van der Waals surface area contributed by atoms with Crippen molar-refractivity contribution >= 4 is 32.1 Å². The average Bonchev–Trinajstić information content (AvgIpc) is 2.68. The smallest absolute Gasteiger partial charge is 0.348 e. The molecule has 2 rings (SSSR count). The highest BCUT2D eigenvalue weighted by molar-refractivity contribution is 7.23. The number of hydrogen-bond donors (Lipinski definition) is 1. The third-order valence-electron chi connectivity index (χ3n) is 2.60. The van der Waals surface area contributed by atoms with E-state index in [2.05, 4.69) is 5.32 Å². The second kappa shape index (κ2) is 5.32. The summed E-state index contributed by atoms with van der Waals surface area (Å²) in [5.41, 5.74) is 0.641. The fourth-order valence-electron chi connectivity index (χ4n) is 1.74. The summed E-state index contributed by atoms with van der Waals surface area (Å²) in [5, 5.41) is 15.3. The highest BCUT2D eigenvalue weighted by Crippen LogP contribution is 2.41. The van der Waals surface area contributed by atoms with Gasteiger partial charge in [0.15, 0.2) is 0 Å². The number of nitrogens with one attached hydrogen (secondary N) is 1. The number of rotatable bonds is 5. The zero-order chi connectivity index (χ0) is 13.1. The van der Waals surface area contributed by atoms with Crippen LogP contribution in [0.4, 0.5) is 10.7 Å². The summed E-state index contributed by atoms with van der Waals surface area (Å²) in [6.45, 7) is 1.52. The minimum absolute atomic E-state index is 0.190. The van der Waals surface area contributed by atoms with Gasteiger partial charge in [-0.25, -0.2) is 0 Å². The van der Waals surface area contributed by atoms with Gasteiger partial charge in [-0.1, -0.05) is 29.5 Å². The molecule has 2 aromatic rings. The van der Waals surface area contributed by atoms with Gasteiger partial charge in [-0.2, -0.15) is 0 Å². The molecule has 0 saturated carbocycles. The summed E-state index contributed by atoms with van der Waals surface area (Å²) in [6, 6.07) is 7.61. The van der Waals surface area contributed by atoms with E-state index in [1.54, 1.807) is 0 Å². The van der Waals surface area contributed by atoms with E-state index in [0.29, 0.717) is 12.2 Å². The molecule has 0 spiro atoms. The number of thiophene rings is 1. The van der Waals surface area contributed by atoms with Gasteiger partial charge < -0.3 is 10.2 Å². The highest BCUT2D eigenvalue weighted by atomic mass is 32.1. The molecule has 0 bridgehead atoms. The Morgan fingerprint density at radius 1 is 1.39 bits per heavy atom. The van der Waals surface area contributed by atoms with E-state index in [1.165, 1.54) is 11.3 Å². The second-order valence-electron chi connectivity index (χ2n) is 4.27. The Balaban J connectivity index is 2.33. The molecule has 1 aromatic carbocycles. The molecule has 0 radical (unpaired) electrons. The highest BCUT2D eigenvalue weighted by Gasteiger charge is 2.20. The molecule has 0 saturated heterocycles. The summed E-state index contributed by atoms with van der Waals surface area (Å²) < 4.78 is 0.941. The predicted molar refractivity (Wildman–Crippen MR) is 75.5 cm³/mol. The van der Waals surface area contributed by atoms with Crippen molar-refractivity contribution in [3.63, 3.8) is 0 Å². The second-order valence-corrected chi connectivity index (χ2v) is 5.30. The Kier molecular flexibility index (Phi) is 3.78. The van der Waals surface area contributed by atoms with Gasteiger partial charge in [0.1, 0.15) is 5.69 Å². The summed E-state index contributed by atoms with van der Waals surface area (Å²) in [4.78, 5) is 12.8. The first-order chi connectivity index (χ1) is 8.59. The van der Waals surface area contributed by atoms with Crippen LogP contribution in [0.2, 0.25) is 0 Å². The van der Waals surface area contributed by atoms with Crippen molar-refractivity contribution in [1.82, 2.24) is 4.90 Å². The molecule has 0 atom stereocenters. The molecule has 1 N–H and O–H groups in total. The molecule has 1 heterocycles. The summed E-state index contributed by atoms with van der Waals surface area (Å²) >= 11 is 1.22. The fraction of sp³-hybridized carbons (Fsp3) is 0.333. The largest absolute Gasteiger partial charge is 0.377 e. The first-order valence-electron chi connectivity index (χ1n) is 5.64. The van der Waals surface area contributed by atoms with Crippen molar-refractivity contribution in [3.8, 4) is 0 Å². The van der Waals surface area contributed by atoms with E-state index in [0.717, 1.165) is 16.6 Å². The average molecular weight is 265 g/mol. The van der Waals surface area contributed by atoms with Gasteiger partial charge in [0, 0.05) is 23.2 Å². The number of hydrogen-bond acceptors (Lipinski definition) is 5. The Bertz CT molecular complexity index is 565.